The van der Waals surface area contributed by atoms with Gasteiger partial charge in [-0.2, -0.15) is 5.26 Å². The minimum absolute atomic E-state index is 0.0501. The van der Waals surface area contributed by atoms with Gasteiger partial charge in [-0.3, -0.25) is 4.98 Å². The number of aromatic hydroxyl groups is 1. The molecule has 5 heteroatoms. The molecule has 0 amide bonds. The first kappa shape index (κ1) is 38.2. The summed E-state index contributed by atoms with van der Waals surface area (Å²) in [5.41, 5.74) is 15.1. The van der Waals surface area contributed by atoms with Gasteiger partial charge in [-0.1, -0.05) is 139 Å². The van der Waals surface area contributed by atoms with Crippen LogP contribution in [0.2, 0.25) is 0 Å². The predicted octanol–water partition coefficient (Wildman–Crippen LogP) is 14.1. The Kier molecular flexibility index (Phi) is 9.45. The number of pyridine rings is 2. The smallest absolute Gasteiger partial charge is 0.124 e. The van der Waals surface area contributed by atoms with E-state index in [0.29, 0.717) is 16.8 Å². The van der Waals surface area contributed by atoms with E-state index in [9.17, 15) is 10.4 Å². The summed E-state index contributed by atoms with van der Waals surface area (Å²) in [6.07, 6.45) is 1.87. The van der Waals surface area contributed by atoms with E-state index < -0.39 is 0 Å². The quantitative estimate of drug-likeness (QED) is 0.182. The average Bonchev–Trinajstić information content (AvgIpc) is 3.60. The van der Waals surface area contributed by atoms with Crippen molar-refractivity contribution in [3.05, 3.63) is 181 Å². The average molecular weight is 779 g/mol. The summed E-state index contributed by atoms with van der Waals surface area (Å²) in [4.78, 5) is 10.1. The first-order valence-corrected chi connectivity index (χ1v) is 20.4. The summed E-state index contributed by atoms with van der Waals surface area (Å²) in [6, 6.07) is 56.2. The third-order valence-corrected chi connectivity index (χ3v) is 11.5. The molecule has 292 valence electrons. The van der Waals surface area contributed by atoms with Gasteiger partial charge < -0.3 is 9.67 Å². The number of nitrogens with zero attached hydrogens (tertiary/aromatic N) is 4. The van der Waals surface area contributed by atoms with Crippen molar-refractivity contribution < 1.29 is 5.11 Å². The zero-order valence-corrected chi connectivity index (χ0v) is 34.8. The molecule has 5 nitrogen and oxygen atoms in total. The third-order valence-electron chi connectivity index (χ3n) is 11.5. The van der Waals surface area contributed by atoms with Crippen LogP contribution in [0.15, 0.2) is 164 Å². The fourth-order valence-electron chi connectivity index (χ4n) is 8.19. The molecule has 3 aromatic heterocycles. The molecule has 6 aromatic carbocycles. The van der Waals surface area contributed by atoms with Crippen LogP contribution in [0.25, 0.3) is 83.5 Å². The normalized spacial score (nSPS) is 11.9. The second kappa shape index (κ2) is 14.8. The molecule has 1 N–H and O–H groups in total. The largest absolute Gasteiger partial charge is 0.507 e. The van der Waals surface area contributed by atoms with Crippen molar-refractivity contribution in [1.82, 2.24) is 14.5 Å². The third kappa shape index (κ3) is 7.01. The minimum atomic E-state index is -0.0501. The van der Waals surface area contributed by atoms with Crippen molar-refractivity contribution in [3.8, 4) is 73.5 Å². The molecule has 0 saturated heterocycles. The molecular formula is C55H46N4O. The summed E-state index contributed by atoms with van der Waals surface area (Å²) in [5, 5.41) is 23.5. The molecule has 9 aromatic rings. The van der Waals surface area contributed by atoms with Gasteiger partial charge in [-0.25, -0.2) is 4.98 Å². The van der Waals surface area contributed by atoms with E-state index in [4.69, 9.17) is 9.97 Å². The zero-order valence-electron chi connectivity index (χ0n) is 34.8. The Morgan fingerprint density at radius 1 is 0.517 bits per heavy atom. The molecule has 0 unspecified atom stereocenters. The predicted molar refractivity (Wildman–Crippen MR) is 247 cm³/mol. The molecule has 0 aliphatic rings. The SMILES string of the molecule is CC(C)(C)c1cc(-c2cc(-c3cccc(-c4cc(-c5cccc6c7ccccc7n(-c7ccccc7C#N)c56)ccn4)c3)nc(-c3ccccc3O)c2)cc(C(C)(C)C)c1. The molecule has 0 radical (unpaired) electrons. The lowest BCUT2D eigenvalue weighted by atomic mass is 9.79. The highest BCUT2D eigenvalue weighted by atomic mass is 16.3. The summed E-state index contributed by atoms with van der Waals surface area (Å²) < 4.78 is 2.22. The second-order valence-electron chi connectivity index (χ2n) is 17.6. The van der Waals surface area contributed by atoms with Gasteiger partial charge >= 0.3 is 0 Å². The fraction of sp³-hybridized carbons (Fsp3) is 0.145. The standard InChI is InChI=1S/C55H46N4O/c1-54(2,3)41-28-39(29-42(33-41)55(4,5)6)40-31-48(58-49(32-40)46-19-9-12-24-52(46)60)37-17-13-16-36(27-37)47-30-35(25-26-57-47)43-20-14-21-45-44-18-8-11-23-51(44)59(53(43)45)50-22-10-7-15-38(50)34-56/h7-33,60H,1-6H3. The second-order valence-corrected chi connectivity index (χ2v) is 17.6. The number of rotatable bonds is 6. The number of benzene rings is 6. The Balaban J connectivity index is 1.20. The summed E-state index contributed by atoms with van der Waals surface area (Å²) in [5.74, 6) is 0.187. The monoisotopic (exact) mass is 778 g/mol. The van der Waals surface area contributed by atoms with Crippen LogP contribution in [-0.4, -0.2) is 19.6 Å². The van der Waals surface area contributed by atoms with E-state index in [1.807, 2.05) is 54.7 Å². The van der Waals surface area contributed by atoms with E-state index in [0.717, 1.165) is 72.3 Å². The summed E-state index contributed by atoms with van der Waals surface area (Å²) in [7, 11) is 0. The first-order valence-electron chi connectivity index (χ1n) is 20.4. The minimum Gasteiger partial charge on any atom is -0.507 e. The molecule has 0 saturated carbocycles. The summed E-state index contributed by atoms with van der Waals surface area (Å²) >= 11 is 0. The van der Waals surface area contributed by atoms with Gasteiger partial charge in [0.1, 0.15) is 11.8 Å². The van der Waals surface area contributed by atoms with Crippen molar-refractivity contribution in [2.75, 3.05) is 0 Å². The molecule has 0 atom stereocenters. The highest BCUT2D eigenvalue weighted by Gasteiger charge is 2.23. The number of fused-ring (bicyclic) bond motifs is 3. The molecule has 9 rings (SSSR count). The van der Waals surface area contributed by atoms with Gasteiger partial charge in [0.2, 0.25) is 0 Å². The fourth-order valence-corrected chi connectivity index (χ4v) is 8.19. The van der Waals surface area contributed by atoms with Crippen molar-refractivity contribution in [2.45, 2.75) is 52.4 Å². The van der Waals surface area contributed by atoms with Crippen molar-refractivity contribution in [3.63, 3.8) is 0 Å². The maximum Gasteiger partial charge on any atom is 0.124 e. The topological polar surface area (TPSA) is 74.7 Å². The molecule has 0 bridgehead atoms. The molecule has 0 fully saturated rings. The Morgan fingerprint density at radius 3 is 1.87 bits per heavy atom. The van der Waals surface area contributed by atoms with Crippen LogP contribution in [-0.2, 0) is 10.8 Å². The molecular weight excluding hydrogens is 733 g/mol. The van der Waals surface area contributed by atoms with Gasteiger partial charge in [0.05, 0.1) is 39.4 Å². The van der Waals surface area contributed by atoms with Crippen LogP contribution >= 0.6 is 0 Å². The van der Waals surface area contributed by atoms with Crippen LogP contribution < -0.4 is 0 Å². The number of para-hydroxylation sites is 4. The van der Waals surface area contributed by atoms with Gasteiger partial charge in [0, 0.05) is 39.2 Å². The lowest BCUT2D eigenvalue weighted by Gasteiger charge is -2.26. The van der Waals surface area contributed by atoms with Crippen LogP contribution in [0.1, 0.15) is 58.2 Å². The lowest BCUT2D eigenvalue weighted by molar-refractivity contribution is 0.477. The number of hydrogen-bond donors (Lipinski definition) is 1. The summed E-state index contributed by atoms with van der Waals surface area (Å²) in [6.45, 7) is 13.5. The maximum absolute atomic E-state index is 11.1. The Hall–Kier alpha value is -7.29. The number of nitriles is 1. The zero-order chi connectivity index (χ0) is 41.8. The van der Waals surface area contributed by atoms with Crippen molar-refractivity contribution >= 4 is 21.8 Å². The van der Waals surface area contributed by atoms with Gasteiger partial charge in [-0.15, -0.1) is 0 Å². The number of hydrogen-bond acceptors (Lipinski definition) is 4. The van der Waals surface area contributed by atoms with Gasteiger partial charge in [0.25, 0.3) is 0 Å². The highest BCUT2D eigenvalue weighted by Crippen LogP contribution is 2.41. The molecule has 60 heavy (non-hydrogen) atoms. The number of aromatic nitrogens is 3. The van der Waals surface area contributed by atoms with Gasteiger partial charge in [0.15, 0.2) is 0 Å². The van der Waals surface area contributed by atoms with E-state index in [1.54, 1.807) is 6.07 Å². The number of phenolic OH excluding ortho intramolecular Hbond substituents is 1. The van der Waals surface area contributed by atoms with E-state index in [-0.39, 0.29) is 16.6 Å². The Bertz CT molecular complexity index is 3120. The van der Waals surface area contributed by atoms with Gasteiger partial charge in [-0.05, 0) is 99.3 Å². The molecule has 3 heterocycles. The van der Waals surface area contributed by atoms with Crippen molar-refractivity contribution in [1.29, 1.82) is 5.26 Å². The van der Waals surface area contributed by atoms with Crippen LogP contribution in [0.3, 0.4) is 0 Å². The highest BCUT2D eigenvalue weighted by molar-refractivity contribution is 6.14. The molecule has 0 aliphatic heterocycles. The lowest BCUT2D eigenvalue weighted by Crippen LogP contribution is -2.16. The maximum atomic E-state index is 11.1. The Labute approximate surface area is 351 Å². The van der Waals surface area contributed by atoms with E-state index in [2.05, 4.69) is 155 Å². The van der Waals surface area contributed by atoms with E-state index >= 15 is 0 Å². The van der Waals surface area contributed by atoms with Crippen LogP contribution in [0.5, 0.6) is 5.75 Å². The van der Waals surface area contributed by atoms with Crippen molar-refractivity contribution in [2.24, 2.45) is 0 Å². The van der Waals surface area contributed by atoms with Crippen LogP contribution in [0.4, 0.5) is 0 Å². The van der Waals surface area contributed by atoms with E-state index in [1.165, 1.54) is 11.1 Å². The number of phenols is 1. The molecule has 0 aliphatic carbocycles. The van der Waals surface area contributed by atoms with Crippen LogP contribution in [0, 0.1) is 11.3 Å². The molecule has 0 spiro atoms. The Morgan fingerprint density at radius 2 is 1.12 bits per heavy atom. The first-order chi connectivity index (χ1) is 28.9.